The van der Waals surface area contributed by atoms with Crippen molar-refractivity contribution in [1.82, 2.24) is 19.8 Å². The van der Waals surface area contributed by atoms with Crippen molar-refractivity contribution in [2.75, 3.05) is 20.1 Å². The van der Waals surface area contributed by atoms with Gasteiger partial charge < -0.3 is 10.2 Å². The van der Waals surface area contributed by atoms with Gasteiger partial charge in [0.1, 0.15) is 4.83 Å². The lowest BCUT2D eigenvalue weighted by Gasteiger charge is -2.16. The van der Waals surface area contributed by atoms with E-state index in [-0.39, 0.29) is 17.9 Å². The molecule has 0 unspecified atom stereocenters. The quantitative estimate of drug-likeness (QED) is 0.549. The molecular formula is C22H28N4O2S. The highest BCUT2D eigenvalue weighted by atomic mass is 32.1. The Hall–Kier alpha value is -2.51. The minimum atomic E-state index is -0.0628. The summed E-state index contributed by atoms with van der Waals surface area (Å²) >= 11 is 1.53. The molecule has 1 aromatic carbocycles. The maximum absolute atomic E-state index is 12.7. The third-order valence-corrected chi connectivity index (χ3v) is 6.18. The SMILES string of the molecule is Cc1sc2ncn(CCC(=O)NCCCN(C)Cc3ccccc3)c(=O)c2c1C. The molecular weight excluding hydrogens is 384 g/mol. The Kier molecular flexibility index (Phi) is 7.17. The van der Waals surface area contributed by atoms with E-state index in [0.717, 1.165) is 34.8 Å². The van der Waals surface area contributed by atoms with Crippen molar-refractivity contribution in [1.29, 1.82) is 0 Å². The first-order valence-corrected chi connectivity index (χ1v) is 10.7. The molecule has 0 atom stereocenters. The molecule has 0 fully saturated rings. The van der Waals surface area contributed by atoms with Gasteiger partial charge in [-0.05, 0) is 45.0 Å². The van der Waals surface area contributed by atoms with Crippen LogP contribution in [0.4, 0.5) is 0 Å². The minimum absolute atomic E-state index is 0.0408. The van der Waals surface area contributed by atoms with Gasteiger partial charge in [-0.1, -0.05) is 30.3 Å². The number of aryl methyl sites for hydroxylation is 3. The lowest BCUT2D eigenvalue weighted by molar-refractivity contribution is -0.121. The van der Waals surface area contributed by atoms with Gasteiger partial charge in [0.2, 0.25) is 5.91 Å². The van der Waals surface area contributed by atoms with Crippen molar-refractivity contribution in [3.05, 3.63) is 63.0 Å². The van der Waals surface area contributed by atoms with Crippen molar-refractivity contribution in [3.8, 4) is 0 Å². The number of hydrogen-bond donors (Lipinski definition) is 1. The smallest absolute Gasteiger partial charge is 0.262 e. The average molecular weight is 413 g/mol. The number of hydrogen-bond acceptors (Lipinski definition) is 5. The van der Waals surface area contributed by atoms with E-state index in [2.05, 4.69) is 34.4 Å². The molecule has 1 amide bonds. The van der Waals surface area contributed by atoms with Gasteiger partial charge in [-0.3, -0.25) is 14.2 Å². The Labute approximate surface area is 175 Å². The van der Waals surface area contributed by atoms with Gasteiger partial charge >= 0.3 is 0 Å². The van der Waals surface area contributed by atoms with Crippen LogP contribution in [0.2, 0.25) is 0 Å². The minimum Gasteiger partial charge on any atom is -0.356 e. The number of rotatable bonds is 9. The zero-order chi connectivity index (χ0) is 20.8. The van der Waals surface area contributed by atoms with Crippen LogP contribution >= 0.6 is 11.3 Å². The topological polar surface area (TPSA) is 67.2 Å². The molecule has 1 N–H and O–H groups in total. The number of fused-ring (bicyclic) bond motifs is 1. The molecule has 0 spiro atoms. The van der Waals surface area contributed by atoms with Crippen LogP contribution < -0.4 is 10.9 Å². The summed E-state index contributed by atoms with van der Waals surface area (Å²) in [5.74, 6) is -0.0408. The zero-order valence-corrected chi connectivity index (χ0v) is 18.1. The average Bonchev–Trinajstić information content (AvgIpc) is 3.00. The second-order valence-electron chi connectivity index (χ2n) is 7.38. The van der Waals surface area contributed by atoms with E-state index in [1.54, 1.807) is 6.33 Å². The molecule has 0 aliphatic heterocycles. The summed E-state index contributed by atoms with van der Waals surface area (Å²) in [6, 6.07) is 10.3. The van der Waals surface area contributed by atoms with E-state index in [4.69, 9.17) is 0 Å². The lowest BCUT2D eigenvalue weighted by Crippen LogP contribution is -2.30. The number of carbonyl (C=O) groups excluding carboxylic acids is 1. The van der Waals surface area contributed by atoms with E-state index in [1.165, 1.54) is 21.5 Å². The number of aromatic nitrogens is 2. The Balaban J connectivity index is 1.41. The zero-order valence-electron chi connectivity index (χ0n) is 17.3. The first kappa shape index (κ1) is 21.2. The molecule has 154 valence electrons. The number of thiophene rings is 1. The largest absolute Gasteiger partial charge is 0.356 e. The number of nitrogens with one attached hydrogen (secondary N) is 1. The van der Waals surface area contributed by atoms with Crippen molar-refractivity contribution in [3.63, 3.8) is 0 Å². The molecule has 2 heterocycles. The summed E-state index contributed by atoms with van der Waals surface area (Å²) in [6.45, 7) is 6.72. The van der Waals surface area contributed by atoms with E-state index in [0.29, 0.717) is 18.5 Å². The van der Waals surface area contributed by atoms with E-state index in [9.17, 15) is 9.59 Å². The van der Waals surface area contributed by atoms with Crippen LogP contribution in [0.5, 0.6) is 0 Å². The van der Waals surface area contributed by atoms with Gasteiger partial charge in [0.25, 0.3) is 5.56 Å². The molecule has 0 radical (unpaired) electrons. The molecule has 3 rings (SSSR count). The number of benzene rings is 1. The number of nitrogens with zero attached hydrogens (tertiary/aromatic N) is 3. The van der Waals surface area contributed by atoms with Crippen LogP contribution in [0.15, 0.2) is 41.5 Å². The highest BCUT2D eigenvalue weighted by Crippen LogP contribution is 2.25. The maximum Gasteiger partial charge on any atom is 0.262 e. The summed E-state index contributed by atoms with van der Waals surface area (Å²) in [4.78, 5) is 33.3. The fourth-order valence-corrected chi connectivity index (χ4v) is 4.28. The fourth-order valence-electron chi connectivity index (χ4n) is 3.29. The van der Waals surface area contributed by atoms with Crippen LogP contribution in [-0.4, -0.2) is 40.5 Å². The third-order valence-electron chi connectivity index (χ3n) is 5.07. The number of amides is 1. The molecule has 3 aromatic rings. The Morgan fingerprint density at radius 2 is 2.00 bits per heavy atom. The molecule has 7 heteroatoms. The Bertz CT molecular complexity index is 1030. The van der Waals surface area contributed by atoms with Gasteiger partial charge in [-0.25, -0.2) is 4.98 Å². The van der Waals surface area contributed by atoms with Crippen molar-refractivity contribution in [2.45, 2.75) is 39.8 Å². The van der Waals surface area contributed by atoms with Gasteiger partial charge in [-0.15, -0.1) is 11.3 Å². The van der Waals surface area contributed by atoms with Crippen molar-refractivity contribution in [2.24, 2.45) is 0 Å². The van der Waals surface area contributed by atoms with Crippen LogP contribution in [0.3, 0.4) is 0 Å². The standard InChI is InChI=1S/C22H28N4O2S/c1-16-17(2)29-21-20(16)22(28)26(15-24-21)13-10-19(27)23-11-7-12-25(3)14-18-8-5-4-6-9-18/h4-6,8-9,15H,7,10-14H2,1-3H3,(H,23,27). The first-order valence-electron chi connectivity index (χ1n) is 9.90. The molecule has 0 bridgehead atoms. The molecule has 0 saturated carbocycles. The van der Waals surface area contributed by atoms with Crippen LogP contribution in [0.25, 0.3) is 10.2 Å². The molecule has 2 aromatic heterocycles. The van der Waals surface area contributed by atoms with E-state index >= 15 is 0 Å². The van der Waals surface area contributed by atoms with E-state index < -0.39 is 0 Å². The maximum atomic E-state index is 12.7. The molecule has 6 nitrogen and oxygen atoms in total. The van der Waals surface area contributed by atoms with Crippen LogP contribution in [-0.2, 0) is 17.9 Å². The fraction of sp³-hybridized carbons (Fsp3) is 0.409. The van der Waals surface area contributed by atoms with Crippen molar-refractivity contribution < 1.29 is 4.79 Å². The van der Waals surface area contributed by atoms with Crippen LogP contribution in [0.1, 0.15) is 28.8 Å². The predicted molar refractivity (Wildman–Crippen MR) is 118 cm³/mol. The van der Waals surface area contributed by atoms with Gasteiger partial charge in [0, 0.05) is 30.9 Å². The van der Waals surface area contributed by atoms with E-state index in [1.807, 2.05) is 32.0 Å². The normalized spacial score (nSPS) is 11.3. The van der Waals surface area contributed by atoms with Crippen molar-refractivity contribution >= 4 is 27.5 Å². The highest BCUT2D eigenvalue weighted by molar-refractivity contribution is 7.18. The Morgan fingerprint density at radius 1 is 1.24 bits per heavy atom. The van der Waals surface area contributed by atoms with Gasteiger partial charge in [0.05, 0.1) is 11.7 Å². The first-order chi connectivity index (χ1) is 14.0. The van der Waals surface area contributed by atoms with Gasteiger partial charge in [-0.2, -0.15) is 0 Å². The highest BCUT2D eigenvalue weighted by Gasteiger charge is 2.12. The molecule has 0 saturated heterocycles. The third kappa shape index (κ3) is 5.52. The monoisotopic (exact) mass is 412 g/mol. The molecule has 29 heavy (non-hydrogen) atoms. The summed E-state index contributed by atoms with van der Waals surface area (Å²) in [5.41, 5.74) is 2.21. The van der Waals surface area contributed by atoms with Gasteiger partial charge in [0.15, 0.2) is 0 Å². The van der Waals surface area contributed by atoms with Crippen LogP contribution in [0, 0.1) is 13.8 Å². The molecule has 0 aliphatic carbocycles. The Morgan fingerprint density at radius 3 is 2.76 bits per heavy atom. The summed E-state index contributed by atoms with van der Waals surface area (Å²) in [6.07, 6.45) is 2.71. The second-order valence-corrected chi connectivity index (χ2v) is 8.59. The number of carbonyl (C=O) groups is 1. The lowest BCUT2D eigenvalue weighted by atomic mass is 10.2. The summed E-state index contributed by atoms with van der Waals surface area (Å²) < 4.78 is 1.54. The molecule has 0 aliphatic rings. The second kappa shape index (κ2) is 9.80. The summed E-state index contributed by atoms with van der Waals surface area (Å²) in [7, 11) is 2.08. The predicted octanol–water partition coefficient (Wildman–Crippen LogP) is 3.10. The summed E-state index contributed by atoms with van der Waals surface area (Å²) in [5, 5.41) is 3.62.